The molecule has 0 amide bonds. The first-order valence-corrected chi connectivity index (χ1v) is 9.11. The highest BCUT2D eigenvalue weighted by Gasteiger charge is 2.39. The minimum atomic E-state index is -2.38. The lowest BCUT2D eigenvalue weighted by molar-refractivity contribution is -0.153. The Balaban J connectivity index is 2.22. The average molecular weight is 445 g/mol. The molecule has 0 saturated heterocycles. The predicted octanol–water partition coefficient (Wildman–Crippen LogP) is 4.04. The van der Waals surface area contributed by atoms with Gasteiger partial charge in [-0.15, -0.1) is 0 Å². The zero-order chi connectivity index (χ0) is 23.3. The van der Waals surface area contributed by atoms with Gasteiger partial charge in [0, 0.05) is 5.54 Å². The number of rotatable bonds is 8. The molecule has 5 nitrogen and oxygen atoms in total. The van der Waals surface area contributed by atoms with Gasteiger partial charge in [-0.25, -0.2) is 13.2 Å². The summed E-state index contributed by atoms with van der Waals surface area (Å²) in [7, 11) is 1.45. The van der Waals surface area contributed by atoms with Gasteiger partial charge in [-0.3, -0.25) is 9.59 Å². The average Bonchev–Trinajstić information content (AvgIpc) is 2.76. The quantitative estimate of drug-likeness (QED) is 0.219. The number of halogens is 5. The summed E-state index contributed by atoms with van der Waals surface area (Å²) >= 11 is 0. The van der Waals surface area contributed by atoms with Crippen LogP contribution in [0.2, 0.25) is 0 Å². The number of hydrogen-bond donors (Lipinski definition) is 1. The van der Waals surface area contributed by atoms with E-state index in [1.54, 1.807) is 30.3 Å². The third kappa shape index (κ3) is 5.57. The highest BCUT2D eigenvalue weighted by molar-refractivity contribution is 5.82. The van der Waals surface area contributed by atoms with Crippen LogP contribution >= 0.6 is 0 Å². The molecule has 0 spiro atoms. The molecular weight excluding hydrogens is 425 g/mol. The molecule has 0 aliphatic carbocycles. The van der Waals surface area contributed by atoms with Crippen LogP contribution in [-0.2, 0) is 20.9 Å². The Bertz CT molecular complexity index is 937. The van der Waals surface area contributed by atoms with Crippen molar-refractivity contribution in [2.75, 3.05) is 7.05 Å². The topological polar surface area (TPSA) is 64.6 Å². The maximum atomic E-state index is 13.9. The summed E-state index contributed by atoms with van der Waals surface area (Å²) < 4.78 is 77.3. The largest absolute Gasteiger partial charge is 0.461 e. The number of esters is 2. The third-order valence-corrected chi connectivity index (χ3v) is 4.79. The molecule has 0 aliphatic heterocycles. The number of hydrogen-bond acceptors (Lipinski definition) is 5. The monoisotopic (exact) mass is 445 g/mol. The fourth-order valence-corrected chi connectivity index (χ4v) is 2.62. The van der Waals surface area contributed by atoms with Gasteiger partial charge in [0.05, 0.1) is 12.3 Å². The van der Waals surface area contributed by atoms with Gasteiger partial charge in [0.1, 0.15) is 6.61 Å². The molecule has 1 unspecified atom stereocenters. The first kappa shape index (κ1) is 24.3. The molecule has 0 aliphatic rings. The molecule has 1 N–H and O–H groups in total. The van der Waals surface area contributed by atoms with Gasteiger partial charge in [0.2, 0.25) is 34.8 Å². The molecule has 10 heteroatoms. The van der Waals surface area contributed by atoms with E-state index in [1.165, 1.54) is 20.9 Å². The summed E-state index contributed by atoms with van der Waals surface area (Å²) in [6.45, 7) is 2.89. The first-order valence-electron chi connectivity index (χ1n) is 9.11. The van der Waals surface area contributed by atoms with Crippen LogP contribution in [0, 0.1) is 35.0 Å². The Morgan fingerprint density at radius 2 is 1.45 bits per heavy atom. The summed E-state index contributed by atoms with van der Waals surface area (Å²) in [6.07, 6.45) is -0.575. The molecule has 2 aromatic carbocycles. The second-order valence-electron chi connectivity index (χ2n) is 7.19. The van der Waals surface area contributed by atoms with Crippen LogP contribution in [0.1, 0.15) is 25.8 Å². The number of nitrogens with one attached hydrogen (secondary N) is 1. The normalized spacial score (nSPS) is 12.4. The standard InChI is InChI=1S/C21H20F5NO4/c1-21(2,27-3)12(9-13(28)30-10-11-7-5-4-6-8-11)20(29)31-19-17(25)15(23)14(22)16(24)18(19)26/h4-8,12,27H,9-10H2,1-3H3. The molecule has 1 atom stereocenters. The molecule has 0 heterocycles. The second-order valence-corrected chi connectivity index (χ2v) is 7.19. The van der Waals surface area contributed by atoms with Crippen LogP contribution < -0.4 is 10.1 Å². The molecule has 0 saturated carbocycles. The van der Waals surface area contributed by atoms with Crippen LogP contribution in [0.25, 0.3) is 0 Å². The van der Waals surface area contributed by atoms with Crippen molar-refractivity contribution in [2.45, 2.75) is 32.4 Å². The molecule has 168 valence electrons. The van der Waals surface area contributed by atoms with Gasteiger partial charge in [-0.2, -0.15) is 8.78 Å². The van der Waals surface area contributed by atoms with E-state index in [0.717, 1.165) is 0 Å². The number of benzene rings is 2. The number of ether oxygens (including phenoxy) is 2. The lowest BCUT2D eigenvalue weighted by atomic mass is 9.85. The SMILES string of the molecule is CNC(C)(C)C(CC(=O)OCc1ccccc1)C(=O)Oc1c(F)c(F)c(F)c(F)c1F. The summed E-state index contributed by atoms with van der Waals surface area (Å²) in [4.78, 5) is 24.9. The van der Waals surface area contributed by atoms with Crippen LogP contribution in [0.3, 0.4) is 0 Å². The maximum absolute atomic E-state index is 13.9. The van der Waals surface area contributed by atoms with E-state index in [9.17, 15) is 31.5 Å². The highest BCUT2D eigenvalue weighted by atomic mass is 19.2. The van der Waals surface area contributed by atoms with Crippen molar-refractivity contribution in [1.29, 1.82) is 0 Å². The van der Waals surface area contributed by atoms with Crippen LogP contribution in [0.15, 0.2) is 30.3 Å². The second kappa shape index (κ2) is 9.86. The Labute approximate surface area is 175 Å². The molecule has 31 heavy (non-hydrogen) atoms. The summed E-state index contributed by atoms with van der Waals surface area (Å²) in [6, 6.07) is 8.65. The van der Waals surface area contributed by atoms with Crippen molar-refractivity contribution < 1.29 is 41.0 Å². The zero-order valence-corrected chi connectivity index (χ0v) is 16.9. The van der Waals surface area contributed by atoms with Crippen molar-refractivity contribution in [3.63, 3.8) is 0 Å². The lowest BCUT2D eigenvalue weighted by Crippen LogP contribution is -2.49. The minimum Gasteiger partial charge on any atom is -0.461 e. The van der Waals surface area contributed by atoms with Gasteiger partial charge in [-0.1, -0.05) is 30.3 Å². The lowest BCUT2D eigenvalue weighted by Gasteiger charge is -2.31. The van der Waals surface area contributed by atoms with E-state index in [0.29, 0.717) is 5.56 Å². The van der Waals surface area contributed by atoms with Crippen molar-refractivity contribution in [2.24, 2.45) is 5.92 Å². The Morgan fingerprint density at radius 3 is 1.97 bits per heavy atom. The molecule has 2 rings (SSSR count). The molecule has 0 aromatic heterocycles. The van der Waals surface area contributed by atoms with Gasteiger partial charge in [0.15, 0.2) is 0 Å². The van der Waals surface area contributed by atoms with E-state index in [4.69, 9.17) is 4.74 Å². The summed E-state index contributed by atoms with van der Waals surface area (Å²) in [5.74, 6) is -16.8. The van der Waals surface area contributed by atoms with Crippen LogP contribution in [0.5, 0.6) is 5.75 Å². The summed E-state index contributed by atoms with van der Waals surface area (Å²) in [5, 5.41) is 2.74. The van der Waals surface area contributed by atoms with Crippen molar-refractivity contribution in [3.05, 3.63) is 65.0 Å². The molecule has 0 fully saturated rings. The van der Waals surface area contributed by atoms with Gasteiger partial charge < -0.3 is 14.8 Å². The molecule has 0 radical (unpaired) electrons. The Morgan fingerprint density at radius 1 is 0.935 bits per heavy atom. The van der Waals surface area contributed by atoms with E-state index in [2.05, 4.69) is 10.1 Å². The van der Waals surface area contributed by atoms with E-state index < -0.39 is 64.7 Å². The number of carbonyl (C=O) groups is 2. The van der Waals surface area contributed by atoms with E-state index >= 15 is 0 Å². The minimum absolute atomic E-state index is 0.0843. The Hall–Kier alpha value is -3.01. The molecular formula is C21H20F5NO4. The fraction of sp³-hybridized carbons (Fsp3) is 0.333. The van der Waals surface area contributed by atoms with E-state index in [1.807, 2.05) is 0 Å². The van der Waals surface area contributed by atoms with Crippen molar-refractivity contribution in [1.82, 2.24) is 5.32 Å². The molecule has 0 bridgehead atoms. The zero-order valence-electron chi connectivity index (χ0n) is 16.9. The van der Waals surface area contributed by atoms with Crippen LogP contribution in [-0.4, -0.2) is 24.5 Å². The van der Waals surface area contributed by atoms with Gasteiger partial charge in [-0.05, 0) is 26.5 Å². The van der Waals surface area contributed by atoms with Crippen molar-refractivity contribution >= 4 is 11.9 Å². The summed E-state index contributed by atoms with van der Waals surface area (Å²) in [5.41, 5.74) is -0.475. The maximum Gasteiger partial charge on any atom is 0.316 e. The molecule has 2 aromatic rings. The fourth-order valence-electron chi connectivity index (χ4n) is 2.62. The van der Waals surface area contributed by atoms with Crippen LogP contribution in [0.4, 0.5) is 22.0 Å². The first-order chi connectivity index (χ1) is 14.5. The van der Waals surface area contributed by atoms with E-state index in [-0.39, 0.29) is 6.61 Å². The highest BCUT2D eigenvalue weighted by Crippen LogP contribution is 2.31. The van der Waals surface area contributed by atoms with Crippen molar-refractivity contribution in [3.8, 4) is 5.75 Å². The Kier molecular flexibility index (Phi) is 7.72. The number of carbonyl (C=O) groups excluding carboxylic acids is 2. The van der Waals surface area contributed by atoms with Gasteiger partial charge in [0.25, 0.3) is 0 Å². The predicted molar refractivity (Wildman–Crippen MR) is 99.4 cm³/mol. The third-order valence-electron chi connectivity index (χ3n) is 4.79. The van der Waals surface area contributed by atoms with Gasteiger partial charge >= 0.3 is 11.9 Å². The smallest absolute Gasteiger partial charge is 0.316 e.